The molecule has 0 radical (unpaired) electrons. The van der Waals surface area contributed by atoms with Gasteiger partial charge in [0.1, 0.15) is 0 Å². The molecule has 2 aromatic rings. The Labute approximate surface area is 107 Å². The maximum atomic E-state index is 8.87. The fraction of sp³-hybridized carbons (Fsp3) is 0.333. The van der Waals surface area contributed by atoms with E-state index in [4.69, 9.17) is 5.26 Å². The van der Waals surface area contributed by atoms with Crippen LogP contribution in [0.5, 0.6) is 0 Å². The number of nitrogens with zero attached hydrogens (tertiary/aromatic N) is 3. The number of hydrogen-bond acceptors (Lipinski definition) is 2. The van der Waals surface area contributed by atoms with E-state index in [1.165, 1.54) is 12.8 Å². The molecule has 3 rings (SSSR count). The summed E-state index contributed by atoms with van der Waals surface area (Å²) < 4.78 is 2.03. The first-order chi connectivity index (χ1) is 8.76. The molecule has 1 fully saturated rings. The average molecular weight is 237 g/mol. The van der Waals surface area contributed by atoms with Crippen molar-refractivity contribution in [2.45, 2.75) is 26.3 Å². The lowest BCUT2D eigenvalue weighted by Crippen LogP contribution is -1.99. The molecule has 18 heavy (non-hydrogen) atoms. The van der Waals surface area contributed by atoms with Crippen LogP contribution in [0.15, 0.2) is 30.6 Å². The van der Waals surface area contributed by atoms with E-state index >= 15 is 0 Å². The molecule has 0 N–H and O–H groups in total. The van der Waals surface area contributed by atoms with Crippen LogP contribution >= 0.6 is 0 Å². The predicted molar refractivity (Wildman–Crippen MR) is 69.8 cm³/mol. The van der Waals surface area contributed by atoms with Crippen LogP contribution in [-0.4, -0.2) is 9.78 Å². The maximum Gasteiger partial charge on any atom is 0.0991 e. The summed E-state index contributed by atoms with van der Waals surface area (Å²) in [7, 11) is 0. The summed E-state index contributed by atoms with van der Waals surface area (Å²) in [6.07, 6.45) is 6.69. The summed E-state index contributed by atoms with van der Waals surface area (Å²) >= 11 is 0. The molecule has 0 spiro atoms. The second-order valence-electron chi connectivity index (χ2n) is 5.04. The van der Waals surface area contributed by atoms with E-state index in [-0.39, 0.29) is 0 Å². The highest BCUT2D eigenvalue weighted by Gasteiger charge is 2.22. The molecule has 1 saturated carbocycles. The van der Waals surface area contributed by atoms with E-state index < -0.39 is 0 Å². The van der Waals surface area contributed by atoms with Crippen molar-refractivity contribution in [1.29, 1.82) is 5.26 Å². The van der Waals surface area contributed by atoms with Gasteiger partial charge in [0.15, 0.2) is 0 Å². The van der Waals surface area contributed by atoms with Crippen molar-refractivity contribution in [3.8, 4) is 17.2 Å². The predicted octanol–water partition coefficient (Wildman–Crippen LogP) is 3.14. The fourth-order valence-corrected chi connectivity index (χ4v) is 2.22. The Hall–Kier alpha value is -2.08. The Bertz CT molecular complexity index is 615. The third kappa shape index (κ3) is 2.14. The Kier molecular flexibility index (Phi) is 2.64. The normalized spacial score (nSPS) is 14.4. The van der Waals surface area contributed by atoms with Crippen LogP contribution < -0.4 is 0 Å². The van der Waals surface area contributed by atoms with Gasteiger partial charge in [-0.25, -0.2) is 0 Å². The molecule has 3 heteroatoms. The third-order valence-electron chi connectivity index (χ3n) is 3.44. The molecular weight excluding hydrogens is 222 g/mol. The van der Waals surface area contributed by atoms with Gasteiger partial charge in [0, 0.05) is 18.3 Å². The fourth-order valence-electron chi connectivity index (χ4n) is 2.22. The molecule has 3 nitrogen and oxygen atoms in total. The standard InChI is InChI=1S/C15H15N3/c1-11-6-13(7-16)4-5-15(11)14-8-17-18(10-14)9-12-2-3-12/h4-6,8,10,12H,2-3,9H2,1H3. The Morgan fingerprint density at radius 1 is 1.44 bits per heavy atom. The van der Waals surface area contributed by atoms with Crippen LogP contribution in [0, 0.1) is 24.2 Å². The number of aryl methyl sites for hydroxylation is 1. The highest BCUT2D eigenvalue weighted by Crippen LogP contribution is 2.31. The largest absolute Gasteiger partial charge is 0.272 e. The first-order valence-corrected chi connectivity index (χ1v) is 6.30. The van der Waals surface area contributed by atoms with E-state index in [1.807, 2.05) is 36.0 Å². The van der Waals surface area contributed by atoms with Gasteiger partial charge >= 0.3 is 0 Å². The van der Waals surface area contributed by atoms with E-state index in [1.54, 1.807) is 0 Å². The van der Waals surface area contributed by atoms with Crippen LogP contribution in [0.3, 0.4) is 0 Å². The van der Waals surface area contributed by atoms with Crippen molar-refractivity contribution in [1.82, 2.24) is 9.78 Å². The van der Waals surface area contributed by atoms with Crippen LogP contribution in [-0.2, 0) is 6.54 Å². The third-order valence-corrected chi connectivity index (χ3v) is 3.44. The summed E-state index contributed by atoms with van der Waals surface area (Å²) in [5.41, 5.74) is 4.13. The second-order valence-corrected chi connectivity index (χ2v) is 5.04. The lowest BCUT2D eigenvalue weighted by molar-refractivity contribution is 0.563. The van der Waals surface area contributed by atoms with E-state index in [0.717, 1.165) is 29.2 Å². The zero-order valence-corrected chi connectivity index (χ0v) is 10.4. The molecule has 1 aromatic heterocycles. The second kappa shape index (κ2) is 4.30. The quantitative estimate of drug-likeness (QED) is 0.823. The molecule has 1 aliphatic carbocycles. The van der Waals surface area contributed by atoms with Gasteiger partial charge in [-0.3, -0.25) is 4.68 Å². The van der Waals surface area contributed by atoms with Crippen LogP contribution in [0.1, 0.15) is 24.0 Å². The van der Waals surface area contributed by atoms with E-state index in [0.29, 0.717) is 5.56 Å². The van der Waals surface area contributed by atoms with Crippen molar-refractivity contribution in [3.05, 3.63) is 41.7 Å². The minimum Gasteiger partial charge on any atom is -0.272 e. The number of benzene rings is 1. The summed E-state index contributed by atoms with van der Waals surface area (Å²) in [6, 6.07) is 7.96. The molecule has 90 valence electrons. The molecule has 0 bridgehead atoms. The van der Waals surface area contributed by atoms with Gasteiger partial charge in [0.05, 0.1) is 17.8 Å². The zero-order chi connectivity index (χ0) is 12.5. The molecular formula is C15H15N3. The van der Waals surface area contributed by atoms with Gasteiger partial charge in [-0.15, -0.1) is 0 Å². The van der Waals surface area contributed by atoms with Crippen molar-refractivity contribution in [3.63, 3.8) is 0 Å². The smallest absolute Gasteiger partial charge is 0.0991 e. The van der Waals surface area contributed by atoms with Crippen LogP contribution in [0.25, 0.3) is 11.1 Å². The van der Waals surface area contributed by atoms with Gasteiger partial charge in [-0.1, -0.05) is 6.07 Å². The summed E-state index contributed by atoms with van der Waals surface area (Å²) in [6.45, 7) is 3.07. The topological polar surface area (TPSA) is 41.6 Å². The van der Waals surface area contributed by atoms with E-state index in [9.17, 15) is 0 Å². The van der Waals surface area contributed by atoms with Crippen molar-refractivity contribution >= 4 is 0 Å². The van der Waals surface area contributed by atoms with Crippen LogP contribution in [0.2, 0.25) is 0 Å². The molecule has 1 heterocycles. The van der Waals surface area contributed by atoms with Gasteiger partial charge in [-0.2, -0.15) is 10.4 Å². The highest BCUT2D eigenvalue weighted by molar-refractivity contribution is 5.66. The zero-order valence-electron chi connectivity index (χ0n) is 10.4. The van der Waals surface area contributed by atoms with Gasteiger partial charge in [-0.05, 0) is 48.9 Å². The number of nitriles is 1. The highest BCUT2D eigenvalue weighted by atomic mass is 15.3. The first-order valence-electron chi connectivity index (χ1n) is 6.30. The monoisotopic (exact) mass is 237 g/mol. The molecule has 0 amide bonds. The SMILES string of the molecule is Cc1cc(C#N)ccc1-c1cnn(CC2CC2)c1. The average Bonchev–Trinajstić information content (AvgIpc) is 3.06. The minimum absolute atomic E-state index is 0.710. The van der Waals surface area contributed by atoms with Crippen molar-refractivity contribution in [2.75, 3.05) is 0 Å². The molecule has 0 atom stereocenters. The van der Waals surface area contributed by atoms with Gasteiger partial charge < -0.3 is 0 Å². The first kappa shape index (κ1) is 11.0. The van der Waals surface area contributed by atoms with Gasteiger partial charge in [0.25, 0.3) is 0 Å². The minimum atomic E-state index is 0.710. The molecule has 0 saturated heterocycles. The number of aromatic nitrogens is 2. The maximum absolute atomic E-state index is 8.87. The lowest BCUT2D eigenvalue weighted by atomic mass is 10.0. The van der Waals surface area contributed by atoms with Gasteiger partial charge in [0.2, 0.25) is 0 Å². The number of rotatable bonds is 3. The van der Waals surface area contributed by atoms with Crippen LogP contribution in [0.4, 0.5) is 0 Å². The van der Waals surface area contributed by atoms with Crippen molar-refractivity contribution in [2.24, 2.45) is 5.92 Å². The Morgan fingerprint density at radius 3 is 2.94 bits per heavy atom. The Morgan fingerprint density at radius 2 is 2.28 bits per heavy atom. The van der Waals surface area contributed by atoms with Crippen molar-refractivity contribution < 1.29 is 0 Å². The lowest BCUT2D eigenvalue weighted by Gasteiger charge is -2.03. The molecule has 1 aromatic carbocycles. The number of hydrogen-bond donors (Lipinski definition) is 0. The summed E-state index contributed by atoms with van der Waals surface area (Å²) in [5, 5.41) is 13.3. The summed E-state index contributed by atoms with van der Waals surface area (Å²) in [5.74, 6) is 0.833. The Balaban J connectivity index is 1.89. The molecule has 1 aliphatic rings. The van der Waals surface area contributed by atoms with E-state index in [2.05, 4.69) is 17.4 Å². The molecule has 0 unspecified atom stereocenters. The summed E-state index contributed by atoms with van der Waals surface area (Å²) in [4.78, 5) is 0. The molecule has 0 aliphatic heterocycles.